The highest BCUT2D eigenvalue weighted by molar-refractivity contribution is 6.35. The molecule has 0 amide bonds. The van der Waals surface area contributed by atoms with Crippen LogP contribution in [-0.2, 0) is 0 Å². The van der Waals surface area contributed by atoms with E-state index in [2.05, 4.69) is 4.98 Å². The maximum absolute atomic E-state index is 13.5. The SMILES string of the molecule is CC(C)c1cc(Cl)c2ccc(F)c(F)c2n1. The van der Waals surface area contributed by atoms with Crippen molar-refractivity contribution in [3.63, 3.8) is 0 Å². The number of halogens is 3. The van der Waals surface area contributed by atoms with Crippen LogP contribution in [-0.4, -0.2) is 4.98 Å². The molecule has 1 heterocycles. The Morgan fingerprint density at radius 2 is 1.94 bits per heavy atom. The van der Waals surface area contributed by atoms with E-state index in [4.69, 9.17) is 11.6 Å². The fraction of sp³-hybridized carbons (Fsp3) is 0.250. The second kappa shape index (κ2) is 3.98. The second-order valence-corrected chi connectivity index (χ2v) is 4.35. The van der Waals surface area contributed by atoms with Crippen molar-refractivity contribution in [2.75, 3.05) is 0 Å². The van der Waals surface area contributed by atoms with Crippen LogP contribution in [0.25, 0.3) is 10.9 Å². The van der Waals surface area contributed by atoms with Crippen molar-refractivity contribution in [2.24, 2.45) is 0 Å². The monoisotopic (exact) mass is 241 g/mol. The zero-order chi connectivity index (χ0) is 11.9. The van der Waals surface area contributed by atoms with E-state index in [-0.39, 0.29) is 11.4 Å². The second-order valence-electron chi connectivity index (χ2n) is 3.94. The minimum Gasteiger partial charge on any atom is -0.249 e. The van der Waals surface area contributed by atoms with Crippen LogP contribution in [0.3, 0.4) is 0 Å². The summed E-state index contributed by atoms with van der Waals surface area (Å²) in [5.41, 5.74) is 0.651. The third-order valence-corrected chi connectivity index (χ3v) is 2.75. The van der Waals surface area contributed by atoms with Crippen LogP contribution in [0, 0.1) is 11.6 Å². The van der Waals surface area contributed by atoms with Gasteiger partial charge in [-0.1, -0.05) is 25.4 Å². The lowest BCUT2D eigenvalue weighted by Crippen LogP contribution is -1.97. The molecule has 0 radical (unpaired) electrons. The first-order valence-corrected chi connectivity index (χ1v) is 5.32. The summed E-state index contributed by atoms with van der Waals surface area (Å²) in [7, 11) is 0. The molecule has 0 aliphatic rings. The van der Waals surface area contributed by atoms with Crippen molar-refractivity contribution in [3.8, 4) is 0 Å². The van der Waals surface area contributed by atoms with Gasteiger partial charge in [0, 0.05) is 11.1 Å². The molecule has 4 heteroatoms. The molecule has 0 spiro atoms. The Hall–Kier alpha value is -1.22. The molecule has 2 aromatic rings. The van der Waals surface area contributed by atoms with Crippen molar-refractivity contribution in [1.82, 2.24) is 4.98 Å². The molecule has 0 fully saturated rings. The van der Waals surface area contributed by atoms with E-state index in [0.29, 0.717) is 16.1 Å². The van der Waals surface area contributed by atoms with Gasteiger partial charge >= 0.3 is 0 Å². The number of pyridine rings is 1. The minimum atomic E-state index is -0.943. The summed E-state index contributed by atoms with van der Waals surface area (Å²) in [4.78, 5) is 4.10. The van der Waals surface area contributed by atoms with Crippen molar-refractivity contribution < 1.29 is 8.78 Å². The van der Waals surface area contributed by atoms with Crippen LogP contribution < -0.4 is 0 Å². The molecule has 0 aliphatic heterocycles. The molecule has 0 bridgehead atoms. The predicted molar refractivity (Wildman–Crippen MR) is 60.8 cm³/mol. The lowest BCUT2D eigenvalue weighted by atomic mass is 10.1. The Bertz CT molecular complexity index is 552. The summed E-state index contributed by atoms with van der Waals surface area (Å²) >= 11 is 6.00. The molecule has 1 aromatic heterocycles. The number of rotatable bonds is 1. The normalized spacial score (nSPS) is 11.4. The number of aromatic nitrogens is 1. The molecule has 2 rings (SSSR count). The summed E-state index contributed by atoms with van der Waals surface area (Å²) in [6.45, 7) is 3.84. The Morgan fingerprint density at radius 3 is 2.56 bits per heavy atom. The summed E-state index contributed by atoms with van der Waals surface area (Å²) in [5, 5.41) is 0.831. The molecule has 84 valence electrons. The lowest BCUT2D eigenvalue weighted by molar-refractivity contribution is 0.515. The smallest absolute Gasteiger partial charge is 0.185 e. The number of hydrogen-bond donors (Lipinski definition) is 0. The van der Waals surface area contributed by atoms with E-state index in [1.54, 1.807) is 6.07 Å². The molecule has 0 unspecified atom stereocenters. The number of fused-ring (bicyclic) bond motifs is 1. The molecule has 1 nitrogen and oxygen atoms in total. The lowest BCUT2D eigenvalue weighted by Gasteiger charge is -2.08. The van der Waals surface area contributed by atoms with Gasteiger partial charge in [-0.2, -0.15) is 0 Å². The maximum Gasteiger partial charge on any atom is 0.185 e. The first-order chi connectivity index (χ1) is 7.50. The standard InChI is InChI=1S/C12H10ClF2N/c1-6(2)10-5-8(13)7-3-4-9(14)11(15)12(7)16-10/h3-6H,1-2H3. The molecular formula is C12H10ClF2N. The van der Waals surface area contributed by atoms with E-state index in [1.807, 2.05) is 13.8 Å². The van der Waals surface area contributed by atoms with Crippen LogP contribution in [0.1, 0.15) is 25.5 Å². The molecule has 1 aromatic carbocycles. The summed E-state index contributed by atoms with van der Waals surface area (Å²) in [5.74, 6) is -1.73. The summed E-state index contributed by atoms with van der Waals surface area (Å²) in [6.07, 6.45) is 0. The average Bonchev–Trinajstić information content (AvgIpc) is 2.23. The predicted octanol–water partition coefficient (Wildman–Crippen LogP) is 4.29. The zero-order valence-corrected chi connectivity index (χ0v) is 9.65. The Balaban J connectivity index is 2.83. The van der Waals surface area contributed by atoms with Crippen LogP contribution in [0.15, 0.2) is 18.2 Å². The van der Waals surface area contributed by atoms with E-state index >= 15 is 0 Å². The van der Waals surface area contributed by atoms with Gasteiger partial charge in [-0.3, -0.25) is 0 Å². The minimum absolute atomic E-state index is 0.00352. The molecule has 16 heavy (non-hydrogen) atoms. The average molecular weight is 242 g/mol. The zero-order valence-electron chi connectivity index (χ0n) is 8.89. The van der Waals surface area contributed by atoms with Crippen molar-refractivity contribution >= 4 is 22.5 Å². The van der Waals surface area contributed by atoms with Gasteiger partial charge < -0.3 is 0 Å². The molecule has 0 saturated heterocycles. The number of hydrogen-bond acceptors (Lipinski definition) is 1. The topological polar surface area (TPSA) is 12.9 Å². The van der Waals surface area contributed by atoms with Crippen molar-refractivity contribution in [2.45, 2.75) is 19.8 Å². The van der Waals surface area contributed by atoms with Gasteiger partial charge in [-0.25, -0.2) is 13.8 Å². The molecule has 0 N–H and O–H groups in total. The Labute approximate surface area is 97.1 Å². The van der Waals surface area contributed by atoms with E-state index in [1.165, 1.54) is 6.07 Å². The van der Waals surface area contributed by atoms with Gasteiger partial charge in [-0.05, 0) is 24.1 Å². The van der Waals surface area contributed by atoms with Crippen molar-refractivity contribution in [3.05, 3.63) is 40.6 Å². The van der Waals surface area contributed by atoms with Gasteiger partial charge in [0.15, 0.2) is 11.6 Å². The molecule has 0 aliphatic carbocycles. The molecule has 0 saturated carbocycles. The highest BCUT2D eigenvalue weighted by Gasteiger charge is 2.13. The fourth-order valence-corrected chi connectivity index (χ4v) is 1.77. The van der Waals surface area contributed by atoms with Gasteiger partial charge in [0.2, 0.25) is 0 Å². The molecule has 0 atom stereocenters. The third-order valence-electron chi connectivity index (χ3n) is 2.43. The van der Waals surface area contributed by atoms with Crippen LogP contribution >= 0.6 is 11.6 Å². The van der Waals surface area contributed by atoms with Crippen LogP contribution in [0.4, 0.5) is 8.78 Å². The van der Waals surface area contributed by atoms with Gasteiger partial charge in [0.1, 0.15) is 5.52 Å². The number of nitrogens with zero attached hydrogens (tertiary/aromatic N) is 1. The number of benzene rings is 1. The summed E-state index contributed by atoms with van der Waals surface area (Å²) in [6, 6.07) is 4.18. The van der Waals surface area contributed by atoms with Crippen LogP contribution in [0.2, 0.25) is 5.02 Å². The quantitative estimate of drug-likeness (QED) is 0.726. The highest BCUT2D eigenvalue weighted by Crippen LogP contribution is 2.28. The Kier molecular flexibility index (Phi) is 2.80. The molecular weight excluding hydrogens is 232 g/mol. The van der Waals surface area contributed by atoms with Gasteiger partial charge in [0.05, 0.1) is 5.02 Å². The van der Waals surface area contributed by atoms with E-state index in [9.17, 15) is 8.78 Å². The summed E-state index contributed by atoms with van der Waals surface area (Å²) < 4.78 is 26.6. The van der Waals surface area contributed by atoms with Gasteiger partial charge in [-0.15, -0.1) is 0 Å². The first-order valence-electron chi connectivity index (χ1n) is 4.95. The van der Waals surface area contributed by atoms with Crippen molar-refractivity contribution in [1.29, 1.82) is 0 Å². The largest absolute Gasteiger partial charge is 0.249 e. The highest BCUT2D eigenvalue weighted by atomic mass is 35.5. The Morgan fingerprint density at radius 1 is 1.25 bits per heavy atom. The van der Waals surface area contributed by atoms with Gasteiger partial charge in [0.25, 0.3) is 0 Å². The van der Waals surface area contributed by atoms with E-state index in [0.717, 1.165) is 6.07 Å². The first kappa shape index (κ1) is 11.3. The third kappa shape index (κ3) is 1.76. The maximum atomic E-state index is 13.5. The van der Waals surface area contributed by atoms with E-state index < -0.39 is 11.6 Å². The van der Waals surface area contributed by atoms with Crippen LogP contribution in [0.5, 0.6) is 0 Å². The fourth-order valence-electron chi connectivity index (χ4n) is 1.51.